The van der Waals surface area contributed by atoms with Crippen LogP contribution in [0, 0.1) is 19.8 Å². The molecule has 1 aliphatic carbocycles. The average Bonchev–Trinajstić information content (AvgIpc) is 3.15. The van der Waals surface area contributed by atoms with Crippen molar-refractivity contribution in [1.29, 1.82) is 0 Å². The third-order valence-electron chi connectivity index (χ3n) is 4.23. The van der Waals surface area contributed by atoms with Gasteiger partial charge >= 0.3 is 5.97 Å². The largest absolute Gasteiger partial charge is 0.480 e. The maximum Gasteiger partial charge on any atom is 0.329 e. The summed E-state index contributed by atoms with van der Waals surface area (Å²) in [5, 5.41) is 16.3. The van der Waals surface area contributed by atoms with Gasteiger partial charge in [-0.15, -0.1) is 0 Å². The van der Waals surface area contributed by atoms with Gasteiger partial charge in [0, 0.05) is 18.3 Å². The van der Waals surface area contributed by atoms with Gasteiger partial charge < -0.3 is 10.4 Å². The molecule has 1 atom stereocenters. The number of carboxylic acid groups (broad SMARTS) is 1. The second-order valence-electron chi connectivity index (χ2n) is 5.78. The second kappa shape index (κ2) is 4.92. The van der Waals surface area contributed by atoms with E-state index in [0.717, 1.165) is 29.8 Å². The molecular weight excluding hydrogens is 258 g/mol. The lowest BCUT2D eigenvalue weighted by Crippen LogP contribution is -2.54. The van der Waals surface area contributed by atoms with E-state index in [9.17, 15) is 14.7 Å². The van der Waals surface area contributed by atoms with Crippen molar-refractivity contribution in [3.63, 3.8) is 0 Å². The number of carbonyl (C=O) groups is 2. The first kappa shape index (κ1) is 14.6. The molecule has 0 unspecified atom stereocenters. The fourth-order valence-corrected chi connectivity index (χ4v) is 2.56. The number of rotatable bonds is 5. The number of aliphatic carboxylic acids is 1. The summed E-state index contributed by atoms with van der Waals surface area (Å²) in [7, 11) is 1.83. The van der Waals surface area contributed by atoms with Crippen molar-refractivity contribution in [2.24, 2.45) is 13.0 Å². The van der Waals surface area contributed by atoms with Crippen LogP contribution in [-0.4, -0.2) is 32.3 Å². The zero-order valence-electron chi connectivity index (χ0n) is 12.4. The van der Waals surface area contributed by atoms with Crippen LogP contribution in [0.4, 0.5) is 0 Å². The molecule has 2 rings (SSSR count). The van der Waals surface area contributed by atoms with E-state index in [4.69, 9.17) is 0 Å². The highest BCUT2D eigenvalue weighted by Crippen LogP contribution is 2.39. The maximum atomic E-state index is 12.2. The average molecular weight is 279 g/mol. The van der Waals surface area contributed by atoms with E-state index < -0.39 is 11.5 Å². The Morgan fingerprint density at radius 2 is 2.05 bits per heavy atom. The lowest BCUT2D eigenvalue weighted by Gasteiger charge is -2.26. The predicted molar refractivity (Wildman–Crippen MR) is 73.3 cm³/mol. The van der Waals surface area contributed by atoms with Crippen LogP contribution < -0.4 is 5.32 Å². The van der Waals surface area contributed by atoms with Crippen LogP contribution in [0.1, 0.15) is 36.7 Å². The van der Waals surface area contributed by atoms with Crippen LogP contribution in [0.2, 0.25) is 0 Å². The molecule has 2 N–H and O–H groups in total. The van der Waals surface area contributed by atoms with Gasteiger partial charge in [0.1, 0.15) is 5.54 Å². The van der Waals surface area contributed by atoms with Crippen molar-refractivity contribution in [2.75, 3.05) is 0 Å². The van der Waals surface area contributed by atoms with Crippen molar-refractivity contribution in [1.82, 2.24) is 15.1 Å². The van der Waals surface area contributed by atoms with Gasteiger partial charge in [-0.3, -0.25) is 9.48 Å². The Morgan fingerprint density at radius 3 is 2.45 bits per heavy atom. The van der Waals surface area contributed by atoms with Crippen LogP contribution in [0.15, 0.2) is 0 Å². The first-order chi connectivity index (χ1) is 9.25. The van der Waals surface area contributed by atoms with E-state index >= 15 is 0 Å². The molecule has 1 aromatic heterocycles. The van der Waals surface area contributed by atoms with Crippen molar-refractivity contribution in [3.8, 4) is 0 Å². The molecule has 6 heteroatoms. The highest BCUT2D eigenvalue weighted by atomic mass is 16.4. The number of hydrogen-bond donors (Lipinski definition) is 2. The summed E-state index contributed by atoms with van der Waals surface area (Å²) in [4.78, 5) is 23.6. The van der Waals surface area contributed by atoms with Gasteiger partial charge in [-0.25, -0.2) is 4.79 Å². The highest BCUT2D eigenvalue weighted by Gasteiger charge is 2.48. The lowest BCUT2D eigenvalue weighted by molar-refractivity contribution is -0.147. The standard InChI is InChI=1S/C14H21N3O3/c1-8-11(9(2)17(4)16-8)7-12(18)15-14(3,13(19)20)10-5-6-10/h10H,5-7H2,1-4H3,(H,15,18)(H,19,20)/t14-/m1/s1. The smallest absolute Gasteiger partial charge is 0.329 e. The van der Waals surface area contributed by atoms with Crippen LogP contribution in [0.25, 0.3) is 0 Å². The van der Waals surface area contributed by atoms with Gasteiger partial charge in [0.15, 0.2) is 0 Å². The molecule has 20 heavy (non-hydrogen) atoms. The van der Waals surface area contributed by atoms with Crippen LogP contribution >= 0.6 is 0 Å². The number of carboxylic acids is 1. The van der Waals surface area contributed by atoms with Crippen LogP contribution in [0.3, 0.4) is 0 Å². The van der Waals surface area contributed by atoms with Gasteiger partial charge in [-0.1, -0.05) is 0 Å². The molecule has 0 radical (unpaired) electrons. The zero-order valence-corrected chi connectivity index (χ0v) is 12.4. The predicted octanol–water partition coefficient (Wildman–Crippen LogP) is 0.949. The normalized spacial score (nSPS) is 17.6. The van der Waals surface area contributed by atoms with Gasteiger partial charge in [0.2, 0.25) is 5.91 Å². The SMILES string of the molecule is Cc1nn(C)c(C)c1CC(=O)N[C@@](C)(C(=O)O)C1CC1. The summed E-state index contributed by atoms with van der Waals surface area (Å²) >= 11 is 0. The Morgan fingerprint density at radius 1 is 1.45 bits per heavy atom. The number of nitrogens with one attached hydrogen (secondary N) is 1. The van der Waals surface area contributed by atoms with Gasteiger partial charge in [-0.2, -0.15) is 5.10 Å². The Kier molecular flexibility index (Phi) is 3.58. The first-order valence-electron chi connectivity index (χ1n) is 6.79. The summed E-state index contributed by atoms with van der Waals surface area (Å²) in [5.74, 6) is -1.19. The molecule has 0 bridgehead atoms. The van der Waals surface area contributed by atoms with Crippen molar-refractivity contribution in [2.45, 2.75) is 45.6 Å². The Labute approximate surface area is 118 Å². The third-order valence-corrected chi connectivity index (χ3v) is 4.23. The summed E-state index contributed by atoms with van der Waals surface area (Å²) in [6, 6.07) is 0. The molecule has 0 aliphatic heterocycles. The van der Waals surface area contributed by atoms with Crippen molar-refractivity contribution >= 4 is 11.9 Å². The molecule has 1 heterocycles. The van der Waals surface area contributed by atoms with E-state index in [2.05, 4.69) is 10.4 Å². The summed E-state index contributed by atoms with van der Waals surface area (Å²) < 4.78 is 1.73. The summed E-state index contributed by atoms with van der Waals surface area (Å²) in [5.41, 5.74) is 1.46. The van der Waals surface area contributed by atoms with E-state index in [1.54, 1.807) is 11.6 Å². The fourth-order valence-electron chi connectivity index (χ4n) is 2.56. The number of nitrogens with zero attached hydrogens (tertiary/aromatic N) is 2. The van der Waals surface area contributed by atoms with Crippen LogP contribution in [-0.2, 0) is 23.1 Å². The lowest BCUT2D eigenvalue weighted by atomic mass is 9.95. The van der Waals surface area contributed by atoms with Gasteiger partial charge in [0.05, 0.1) is 12.1 Å². The Hall–Kier alpha value is -1.85. The van der Waals surface area contributed by atoms with Crippen molar-refractivity contribution < 1.29 is 14.7 Å². The minimum absolute atomic E-state index is 0.0417. The zero-order chi connectivity index (χ0) is 15.1. The number of aromatic nitrogens is 2. The molecule has 1 aromatic rings. The van der Waals surface area contributed by atoms with Crippen LogP contribution in [0.5, 0.6) is 0 Å². The molecule has 0 spiro atoms. The number of amides is 1. The molecule has 1 fully saturated rings. The minimum Gasteiger partial charge on any atom is -0.480 e. The molecule has 1 aliphatic rings. The second-order valence-corrected chi connectivity index (χ2v) is 5.78. The Balaban J connectivity index is 2.10. The molecule has 110 valence electrons. The number of carbonyl (C=O) groups excluding carboxylic acids is 1. The van der Waals surface area contributed by atoms with Gasteiger partial charge in [-0.05, 0) is 39.5 Å². The fraction of sp³-hybridized carbons (Fsp3) is 0.643. The molecular formula is C14H21N3O3. The molecule has 1 saturated carbocycles. The number of hydrogen-bond acceptors (Lipinski definition) is 3. The molecule has 0 saturated heterocycles. The van der Waals surface area contributed by atoms with E-state index in [1.807, 2.05) is 20.9 Å². The summed E-state index contributed by atoms with van der Waals surface area (Å²) in [6.45, 7) is 5.35. The quantitative estimate of drug-likeness (QED) is 0.840. The Bertz CT molecular complexity index is 560. The molecule has 0 aromatic carbocycles. The molecule has 6 nitrogen and oxygen atoms in total. The highest BCUT2D eigenvalue weighted by molar-refractivity contribution is 5.88. The van der Waals surface area contributed by atoms with E-state index in [1.165, 1.54) is 0 Å². The van der Waals surface area contributed by atoms with Crippen molar-refractivity contribution in [3.05, 3.63) is 17.0 Å². The number of aryl methyl sites for hydroxylation is 2. The minimum atomic E-state index is -1.15. The third kappa shape index (κ3) is 2.55. The summed E-state index contributed by atoms with van der Waals surface area (Å²) in [6.07, 6.45) is 1.88. The van der Waals surface area contributed by atoms with Gasteiger partial charge in [0.25, 0.3) is 0 Å². The topological polar surface area (TPSA) is 84.2 Å². The maximum absolute atomic E-state index is 12.2. The monoisotopic (exact) mass is 279 g/mol. The van der Waals surface area contributed by atoms with E-state index in [0.29, 0.717) is 0 Å². The molecule has 1 amide bonds. The van der Waals surface area contributed by atoms with E-state index in [-0.39, 0.29) is 18.2 Å². The first-order valence-corrected chi connectivity index (χ1v) is 6.79.